The number of benzene rings is 1. The van der Waals surface area contributed by atoms with Crippen LogP contribution in [-0.4, -0.2) is 33.3 Å². The van der Waals surface area contributed by atoms with E-state index in [9.17, 15) is 4.39 Å². The molecule has 0 fully saturated rings. The number of aromatic nitrogens is 4. The van der Waals surface area contributed by atoms with E-state index in [2.05, 4.69) is 27.8 Å². The van der Waals surface area contributed by atoms with Gasteiger partial charge in [0, 0.05) is 12.3 Å². The van der Waals surface area contributed by atoms with E-state index in [-0.39, 0.29) is 5.82 Å². The van der Waals surface area contributed by atoms with Gasteiger partial charge in [-0.05, 0) is 35.0 Å². The third-order valence-corrected chi connectivity index (χ3v) is 3.75. The first kappa shape index (κ1) is 14.9. The summed E-state index contributed by atoms with van der Waals surface area (Å²) in [7, 11) is 0. The van der Waals surface area contributed by atoms with E-state index >= 15 is 0 Å². The highest BCUT2D eigenvalue weighted by Gasteiger charge is 2.08. The Kier molecular flexibility index (Phi) is 5.94. The van der Waals surface area contributed by atoms with Crippen molar-refractivity contribution in [3.05, 3.63) is 35.6 Å². The predicted molar refractivity (Wildman–Crippen MR) is 76.9 cm³/mol. The summed E-state index contributed by atoms with van der Waals surface area (Å²) in [5, 5.41) is 15.6. The summed E-state index contributed by atoms with van der Waals surface area (Å²) in [6.07, 6.45) is 1.10. The lowest BCUT2D eigenvalue weighted by molar-refractivity contribution is 0.510. The van der Waals surface area contributed by atoms with Gasteiger partial charge in [-0.15, -0.1) is 5.10 Å². The van der Waals surface area contributed by atoms with Crippen molar-refractivity contribution in [3.8, 4) is 0 Å². The van der Waals surface area contributed by atoms with Gasteiger partial charge in [-0.1, -0.05) is 36.9 Å². The zero-order chi connectivity index (χ0) is 14.2. The SMILES string of the molecule is CCCNCCn1nnnc1SCc1ccccc1F. The highest BCUT2D eigenvalue weighted by atomic mass is 32.2. The fourth-order valence-corrected chi connectivity index (χ4v) is 2.57. The lowest BCUT2D eigenvalue weighted by atomic mass is 10.2. The standard InChI is InChI=1S/C13H18FN5S/c1-2-7-15-8-9-19-13(16-17-18-19)20-10-11-5-3-4-6-12(11)14/h3-6,15H,2,7-10H2,1H3. The molecule has 0 saturated carbocycles. The smallest absolute Gasteiger partial charge is 0.209 e. The second kappa shape index (κ2) is 7.96. The van der Waals surface area contributed by atoms with E-state index in [1.54, 1.807) is 16.8 Å². The summed E-state index contributed by atoms with van der Waals surface area (Å²) in [6, 6.07) is 6.76. The van der Waals surface area contributed by atoms with Crippen LogP contribution >= 0.6 is 11.8 Å². The van der Waals surface area contributed by atoms with Gasteiger partial charge in [-0.25, -0.2) is 9.07 Å². The Morgan fingerprint density at radius 1 is 1.30 bits per heavy atom. The predicted octanol–water partition coefficient (Wildman–Crippen LogP) is 2.10. The number of nitrogens with one attached hydrogen (secondary N) is 1. The van der Waals surface area contributed by atoms with Crippen LogP contribution in [0.15, 0.2) is 29.4 Å². The average molecular weight is 295 g/mol. The third kappa shape index (κ3) is 4.28. The number of halogens is 1. The molecule has 1 heterocycles. The lowest BCUT2D eigenvalue weighted by Gasteiger charge is -2.05. The highest BCUT2D eigenvalue weighted by molar-refractivity contribution is 7.98. The van der Waals surface area contributed by atoms with Crippen molar-refractivity contribution in [1.29, 1.82) is 0 Å². The Morgan fingerprint density at radius 2 is 2.15 bits per heavy atom. The molecule has 2 rings (SSSR count). The summed E-state index contributed by atoms with van der Waals surface area (Å²) in [5.41, 5.74) is 0.663. The molecule has 1 aromatic carbocycles. The van der Waals surface area contributed by atoms with Gasteiger partial charge in [0.05, 0.1) is 6.54 Å². The fraction of sp³-hybridized carbons (Fsp3) is 0.462. The molecule has 0 bridgehead atoms. The van der Waals surface area contributed by atoms with Crippen molar-refractivity contribution >= 4 is 11.8 Å². The molecule has 0 amide bonds. The van der Waals surface area contributed by atoms with Gasteiger partial charge in [0.2, 0.25) is 5.16 Å². The molecular weight excluding hydrogens is 277 g/mol. The van der Waals surface area contributed by atoms with Crippen LogP contribution in [0, 0.1) is 5.82 Å². The quantitative estimate of drug-likeness (QED) is 0.597. The molecule has 1 N–H and O–H groups in total. The number of tetrazole rings is 1. The number of hydrogen-bond acceptors (Lipinski definition) is 5. The van der Waals surface area contributed by atoms with Gasteiger partial charge in [-0.2, -0.15) is 0 Å². The van der Waals surface area contributed by atoms with Crippen molar-refractivity contribution in [1.82, 2.24) is 25.5 Å². The van der Waals surface area contributed by atoms with E-state index < -0.39 is 0 Å². The summed E-state index contributed by atoms with van der Waals surface area (Å²) >= 11 is 1.44. The van der Waals surface area contributed by atoms with Crippen LogP contribution in [0.25, 0.3) is 0 Å². The molecular formula is C13H18FN5S. The maximum absolute atomic E-state index is 13.5. The number of rotatable bonds is 8. The highest BCUT2D eigenvalue weighted by Crippen LogP contribution is 2.21. The van der Waals surface area contributed by atoms with Crippen molar-refractivity contribution in [2.45, 2.75) is 30.8 Å². The van der Waals surface area contributed by atoms with Gasteiger partial charge in [0.15, 0.2) is 0 Å². The Hall–Kier alpha value is -1.47. The molecule has 0 aliphatic heterocycles. The minimum absolute atomic E-state index is 0.191. The maximum atomic E-state index is 13.5. The first-order valence-corrected chi connectivity index (χ1v) is 7.63. The zero-order valence-corrected chi connectivity index (χ0v) is 12.2. The first-order valence-electron chi connectivity index (χ1n) is 6.64. The topological polar surface area (TPSA) is 55.6 Å². The van der Waals surface area contributed by atoms with E-state index in [0.717, 1.165) is 19.5 Å². The monoisotopic (exact) mass is 295 g/mol. The molecule has 108 valence electrons. The summed E-state index contributed by atoms with van der Waals surface area (Å²) < 4.78 is 15.3. The van der Waals surface area contributed by atoms with Crippen molar-refractivity contribution in [2.24, 2.45) is 0 Å². The molecule has 20 heavy (non-hydrogen) atoms. The molecule has 0 unspecified atom stereocenters. The second-order valence-corrected chi connectivity index (χ2v) is 5.26. The van der Waals surface area contributed by atoms with Crippen LogP contribution in [0.5, 0.6) is 0 Å². The van der Waals surface area contributed by atoms with Crippen molar-refractivity contribution < 1.29 is 4.39 Å². The number of hydrogen-bond donors (Lipinski definition) is 1. The van der Waals surface area contributed by atoms with Gasteiger partial charge < -0.3 is 5.32 Å². The fourth-order valence-electron chi connectivity index (χ4n) is 1.68. The van der Waals surface area contributed by atoms with E-state index in [1.165, 1.54) is 17.8 Å². The molecule has 0 radical (unpaired) electrons. The van der Waals surface area contributed by atoms with Crippen LogP contribution in [0.1, 0.15) is 18.9 Å². The molecule has 7 heteroatoms. The van der Waals surface area contributed by atoms with Gasteiger partial charge in [0.1, 0.15) is 5.82 Å². The number of thioether (sulfide) groups is 1. The van der Waals surface area contributed by atoms with Crippen LogP contribution in [0.4, 0.5) is 4.39 Å². The Labute approximate surface area is 122 Å². The van der Waals surface area contributed by atoms with Crippen molar-refractivity contribution in [3.63, 3.8) is 0 Å². The largest absolute Gasteiger partial charge is 0.315 e. The molecule has 1 aromatic heterocycles. The summed E-state index contributed by atoms with van der Waals surface area (Å²) in [6.45, 7) is 4.65. The molecule has 0 aliphatic rings. The van der Waals surface area contributed by atoms with Crippen molar-refractivity contribution in [2.75, 3.05) is 13.1 Å². The second-order valence-electron chi connectivity index (χ2n) is 4.31. The first-order chi connectivity index (χ1) is 9.81. The maximum Gasteiger partial charge on any atom is 0.209 e. The normalized spacial score (nSPS) is 10.9. The van der Waals surface area contributed by atoms with Crippen LogP contribution in [0.2, 0.25) is 0 Å². The molecule has 0 atom stereocenters. The van der Waals surface area contributed by atoms with Crippen LogP contribution in [0.3, 0.4) is 0 Å². The van der Waals surface area contributed by atoms with Crippen LogP contribution < -0.4 is 5.32 Å². The Balaban J connectivity index is 1.87. The Morgan fingerprint density at radius 3 is 2.95 bits per heavy atom. The average Bonchev–Trinajstić information content (AvgIpc) is 2.90. The van der Waals surface area contributed by atoms with Gasteiger partial charge in [-0.3, -0.25) is 0 Å². The summed E-state index contributed by atoms with van der Waals surface area (Å²) in [4.78, 5) is 0. The van der Waals surface area contributed by atoms with Crippen LogP contribution in [-0.2, 0) is 12.3 Å². The summed E-state index contributed by atoms with van der Waals surface area (Å²) in [5.74, 6) is 0.332. The lowest BCUT2D eigenvalue weighted by Crippen LogP contribution is -2.21. The van der Waals surface area contributed by atoms with E-state index in [4.69, 9.17) is 0 Å². The Bertz CT molecular complexity index is 531. The number of nitrogens with zero attached hydrogens (tertiary/aromatic N) is 4. The zero-order valence-electron chi connectivity index (χ0n) is 11.4. The molecule has 2 aromatic rings. The minimum atomic E-state index is -0.191. The molecule has 0 saturated heterocycles. The van der Waals surface area contributed by atoms with E-state index in [0.29, 0.717) is 23.0 Å². The minimum Gasteiger partial charge on any atom is -0.315 e. The van der Waals surface area contributed by atoms with E-state index in [1.807, 2.05) is 6.07 Å². The third-order valence-electron chi connectivity index (χ3n) is 2.74. The molecule has 5 nitrogen and oxygen atoms in total. The molecule has 0 spiro atoms. The van der Waals surface area contributed by atoms with Gasteiger partial charge >= 0.3 is 0 Å². The molecule has 0 aliphatic carbocycles. The van der Waals surface area contributed by atoms with Gasteiger partial charge in [0.25, 0.3) is 0 Å².